The van der Waals surface area contributed by atoms with Gasteiger partial charge in [-0.25, -0.2) is 0 Å². The number of rotatable bonds is 1. The molecule has 0 N–H and O–H groups in total. The molecule has 3 unspecified atom stereocenters. The Kier molecular flexibility index (Phi) is 0.803. The highest BCUT2D eigenvalue weighted by Crippen LogP contribution is 2.53. The smallest absolute Gasteiger partial charge is 0.00990 e. The van der Waals surface area contributed by atoms with E-state index in [0.717, 1.165) is 17.8 Å². The minimum Gasteiger partial charge on any atom is -0.0876 e. The van der Waals surface area contributed by atoms with Crippen LogP contribution >= 0.6 is 0 Å². The molecule has 3 rings (SSSR count). The Labute approximate surface area is 61.6 Å². The minimum absolute atomic E-state index is 0.939. The maximum Gasteiger partial charge on any atom is -0.00990 e. The normalized spacial score (nSPS) is 48.0. The standard InChI is InChI=1S/C10H12/c1-2-7(3-1)10-6-8-4-5-9(8)10/h1-2,6-7,9-10H,3-5H2. The van der Waals surface area contributed by atoms with E-state index in [2.05, 4.69) is 18.2 Å². The lowest BCUT2D eigenvalue weighted by atomic mass is 9.56. The summed E-state index contributed by atoms with van der Waals surface area (Å²) in [6.07, 6.45) is 11.5. The Hall–Kier alpha value is -0.520. The minimum atomic E-state index is 0.939. The van der Waals surface area contributed by atoms with Crippen molar-refractivity contribution >= 4 is 0 Å². The second kappa shape index (κ2) is 1.55. The molecule has 0 saturated heterocycles. The molecule has 3 atom stereocenters. The van der Waals surface area contributed by atoms with Crippen LogP contribution in [-0.4, -0.2) is 0 Å². The molecule has 0 aliphatic heterocycles. The summed E-state index contributed by atoms with van der Waals surface area (Å²) in [7, 11) is 0. The van der Waals surface area contributed by atoms with Crippen molar-refractivity contribution < 1.29 is 0 Å². The third-order valence-electron chi connectivity index (χ3n) is 3.38. The zero-order valence-corrected chi connectivity index (χ0v) is 6.09. The van der Waals surface area contributed by atoms with Crippen LogP contribution < -0.4 is 0 Å². The van der Waals surface area contributed by atoms with E-state index in [4.69, 9.17) is 0 Å². The van der Waals surface area contributed by atoms with Gasteiger partial charge in [-0.1, -0.05) is 23.8 Å². The summed E-state index contributed by atoms with van der Waals surface area (Å²) in [5.74, 6) is 2.94. The van der Waals surface area contributed by atoms with Gasteiger partial charge in [0, 0.05) is 0 Å². The van der Waals surface area contributed by atoms with E-state index >= 15 is 0 Å². The molecule has 0 aromatic heterocycles. The number of fused-ring (bicyclic) bond motifs is 1. The topological polar surface area (TPSA) is 0 Å². The maximum atomic E-state index is 2.52. The van der Waals surface area contributed by atoms with Gasteiger partial charge < -0.3 is 0 Å². The van der Waals surface area contributed by atoms with Crippen molar-refractivity contribution in [2.75, 3.05) is 0 Å². The molecule has 0 nitrogen and oxygen atoms in total. The molecule has 1 fully saturated rings. The molecule has 0 radical (unpaired) electrons. The summed E-state index contributed by atoms with van der Waals surface area (Å²) in [6, 6.07) is 0. The fraction of sp³-hybridized carbons (Fsp3) is 0.600. The van der Waals surface area contributed by atoms with Gasteiger partial charge in [-0.05, 0) is 37.0 Å². The van der Waals surface area contributed by atoms with Crippen LogP contribution in [0.5, 0.6) is 0 Å². The second-order valence-electron chi connectivity index (χ2n) is 3.79. The molecule has 0 heteroatoms. The molecule has 3 aliphatic rings. The van der Waals surface area contributed by atoms with Crippen LogP contribution in [0.3, 0.4) is 0 Å². The lowest BCUT2D eigenvalue weighted by Gasteiger charge is -2.48. The third kappa shape index (κ3) is 0.448. The van der Waals surface area contributed by atoms with Gasteiger partial charge in [0.15, 0.2) is 0 Å². The summed E-state index contributed by atoms with van der Waals surface area (Å²) < 4.78 is 0. The van der Waals surface area contributed by atoms with Crippen molar-refractivity contribution in [3.8, 4) is 0 Å². The second-order valence-corrected chi connectivity index (χ2v) is 3.79. The van der Waals surface area contributed by atoms with Crippen LogP contribution in [0.2, 0.25) is 0 Å². The van der Waals surface area contributed by atoms with Gasteiger partial charge in [-0.3, -0.25) is 0 Å². The van der Waals surface area contributed by atoms with E-state index in [0.29, 0.717) is 0 Å². The fourth-order valence-electron chi connectivity index (χ4n) is 2.37. The molecule has 10 heavy (non-hydrogen) atoms. The fourth-order valence-corrected chi connectivity index (χ4v) is 2.37. The monoisotopic (exact) mass is 132 g/mol. The van der Waals surface area contributed by atoms with Gasteiger partial charge in [-0.2, -0.15) is 0 Å². The Morgan fingerprint density at radius 3 is 2.60 bits per heavy atom. The summed E-state index contributed by atoms with van der Waals surface area (Å²) in [4.78, 5) is 0. The third-order valence-corrected chi connectivity index (χ3v) is 3.38. The molecule has 0 amide bonds. The Balaban J connectivity index is 1.80. The maximum absolute atomic E-state index is 2.52. The van der Waals surface area contributed by atoms with E-state index in [1.54, 1.807) is 5.57 Å². The van der Waals surface area contributed by atoms with Gasteiger partial charge in [0.05, 0.1) is 0 Å². The summed E-state index contributed by atoms with van der Waals surface area (Å²) in [6.45, 7) is 0. The van der Waals surface area contributed by atoms with Crippen molar-refractivity contribution in [3.63, 3.8) is 0 Å². The van der Waals surface area contributed by atoms with Crippen LogP contribution in [0.4, 0.5) is 0 Å². The van der Waals surface area contributed by atoms with E-state index in [-0.39, 0.29) is 0 Å². The lowest BCUT2D eigenvalue weighted by Crippen LogP contribution is -2.38. The van der Waals surface area contributed by atoms with Gasteiger partial charge in [0.25, 0.3) is 0 Å². The SMILES string of the molecule is C1=CC(C2C=C3CCC32)C1. The number of hydrogen-bond acceptors (Lipinski definition) is 0. The van der Waals surface area contributed by atoms with Crippen LogP contribution in [-0.2, 0) is 0 Å². The molecule has 0 aromatic rings. The molecule has 3 aliphatic carbocycles. The van der Waals surface area contributed by atoms with Crippen molar-refractivity contribution in [3.05, 3.63) is 23.8 Å². The Morgan fingerprint density at radius 1 is 1.40 bits per heavy atom. The highest BCUT2D eigenvalue weighted by Gasteiger charge is 2.42. The molecular weight excluding hydrogens is 120 g/mol. The highest BCUT2D eigenvalue weighted by molar-refractivity contribution is 5.32. The Bertz CT molecular complexity index is 222. The van der Waals surface area contributed by atoms with Gasteiger partial charge in [0.1, 0.15) is 0 Å². The average molecular weight is 132 g/mol. The predicted octanol–water partition coefficient (Wildman–Crippen LogP) is 2.53. The number of allylic oxidation sites excluding steroid dienone is 4. The molecule has 0 spiro atoms. The van der Waals surface area contributed by atoms with E-state index in [1.165, 1.54) is 19.3 Å². The van der Waals surface area contributed by atoms with Crippen LogP contribution in [0, 0.1) is 17.8 Å². The Morgan fingerprint density at radius 2 is 2.30 bits per heavy atom. The first kappa shape index (κ1) is 5.17. The molecule has 52 valence electrons. The summed E-state index contributed by atoms with van der Waals surface area (Å²) in [5.41, 5.74) is 1.77. The van der Waals surface area contributed by atoms with Crippen molar-refractivity contribution in [2.45, 2.75) is 19.3 Å². The largest absolute Gasteiger partial charge is 0.0876 e. The highest BCUT2D eigenvalue weighted by atomic mass is 14.5. The molecular formula is C10H12. The first-order chi connectivity index (χ1) is 4.95. The lowest BCUT2D eigenvalue weighted by molar-refractivity contribution is 0.223. The first-order valence-electron chi connectivity index (χ1n) is 4.32. The average Bonchev–Trinajstić information content (AvgIpc) is 1.77. The molecule has 0 bridgehead atoms. The van der Waals surface area contributed by atoms with Gasteiger partial charge >= 0.3 is 0 Å². The van der Waals surface area contributed by atoms with Crippen LogP contribution in [0.15, 0.2) is 23.8 Å². The summed E-state index contributed by atoms with van der Waals surface area (Å²) in [5, 5.41) is 0. The van der Waals surface area contributed by atoms with Crippen LogP contribution in [0.25, 0.3) is 0 Å². The van der Waals surface area contributed by atoms with Gasteiger partial charge in [-0.15, -0.1) is 0 Å². The van der Waals surface area contributed by atoms with E-state index < -0.39 is 0 Å². The first-order valence-corrected chi connectivity index (χ1v) is 4.32. The predicted molar refractivity (Wildman–Crippen MR) is 41.5 cm³/mol. The summed E-state index contributed by atoms with van der Waals surface area (Å²) >= 11 is 0. The molecule has 0 heterocycles. The van der Waals surface area contributed by atoms with Crippen molar-refractivity contribution in [1.29, 1.82) is 0 Å². The van der Waals surface area contributed by atoms with Crippen LogP contribution in [0.1, 0.15) is 19.3 Å². The zero-order valence-electron chi connectivity index (χ0n) is 6.09. The van der Waals surface area contributed by atoms with Gasteiger partial charge in [0.2, 0.25) is 0 Å². The number of hydrogen-bond donors (Lipinski definition) is 0. The van der Waals surface area contributed by atoms with Crippen molar-refractivity contribution in [2.24, 2.45) is 17.8 Å². The zero-order chi connectivity index (χ0) is 6.55. The quantitative estimate of drug-likeness (QED) is 0.481. The van der Waals surface area contributed by atoms with E-state index in [1.807, 2.05) is 0 Å². The van der Waals surface area contributed by atoms with Crippen molar-refractivity contribution in [1.82, 2.24) is 0 Å². The molecule has 1 saturated carbocycles. The molecule has 0 aromatic carbocycles. The van der Waals surface area contributed by atoms with E-state index in [9.17, 15) is 0 Å².